The van der Waals surface area contributed by atoms with Gasteiger partial charge in [-0.15, -0.1) is 0 Å². The van der Waals surface area contributed by atoms with E-state index < -0.39 is 11.9 Å². The van der Waals surface area contributed by atoms with Crippen LogP contribution in [0.4, 0.5) is 17.2 Å². The first kappa shape index (κ1) is 40.8. The number of nitrogens with two attached hydrogens (primary N) is 1. The molecular formula is C45H56N10O5. The lowest BCUT2D eigenvalue weighted by atomic mass is 9.86. The third kappa shape index (κ3) is 9.58. The van der Waals surface area contributed by atoms with Crippen LogP contribution < -0.4 is 31.3 Å². The first-order valence-electron chi connectivity index (χ1n) is 21.3. The molecule has 15 heteroatoms. The van der Waals surface area contributed by atoms with Crippen molar-refractivity contribution in [3.8, 4) is 22.8 Å². The fraction of sp³-hybridized carbons (Fsp3) is 0.444. The molecule has 15 nitrogen and oxygen atoms in total. The Hall–Kier alpha value is -5.93. The molecule has 3 aromatic carbocycles. The number of piperidine rings is 2. The van der Waals surface area contributed by atoms with Crippen LogP contribution >= 0.6 is 0 Å². The number of fused-ring (bicyclic) bond motifs is 1. The number of rotatable bonds is 14. The number of primary amides is 1. The van der Waals surface area contributed by atoms with Gasteiger partial charge < -0.3 is 35.8 Å². The molecule has 0 bridgehead atoms. The molecule has 4 amide bonds. The Morgan fingerprint density at radius 3 is 2.28 bits per heavy atom. The van der Waals surface area contributed by atoms with Gasteiger partial charge in [-0.2, -0.15) is 5.10 Å². The number of likely N-dealkylation sites (tertiary alicyclic amines) is 1. The minimum absolute atomic E-state index is 0.105. The van der Waals surface area contributed by atoms with E-state index in [1.54, 1.807) is 0 Å². The number of anilines is 3. The average Bonchev–Trinajstić information content (AvgIpc) is 3.67. The summed E-state index contributed by atoms with van der Waals surface area (Å²) in [5, 5.41) is 14.1. The lowest BCUT2D eigenvalue weighted by Gasteiger charge is -2.38. The SMILES string of the molecule is CN(CCC(=O)N1CCC([C@@H]2CCNc3c(C(N)=O)c(-c4ccc(Oc5ccccc5)cc4)nn32)CC1)CCN1CCN(c2ccc(NC3CCC(=O)NC3=O)cc2)CC1. The van der Waals surface area contributed by atoms with Crippen molar-refractivity contribution >= 4 is 40.8 Å². The summed E-state index contributed by atoms with van der Waals surface area (Å²) in [6.45, 7) is 8.55. The van der Waals surface area contributed by atoms with Gasteiger partial charge in [-0.25, -0.2) is 4.68 Å². The first-order valence-corrected chi connectivity index (χ1v) is 21.3. The van der Waals surface area contributed by atoms with Gasteiger partial charge in [0.05, 0.1) is 6.04 Å². The number of nitrogens with zero attached hydrogens (tertiary/aromatic N) is 6. The predicted molar refractivity (Wildman–Crippen MR) is 231 cm³/mol. The van der Waals surface area contributed by atoms with Crippen molar-refractivity contribution in [1.82, 2.24) is 29.8 Å². The van der Waals surface area contributed by atoms with Crippen LogP contribution in [-0.2, 0) is 14.4 Å². The van der Waals surface area contributed by atoms with Crippen LogP contribution in [0.15, 0.2) is 78.9 Å². The maximum Gasteiger partial charge on any atom is 0.254 e. The number of imide groups is 1. The van der Waals surface area contributed by atoms with E-state index >= 15 is 0 Å². The average molecular weight is 817 g/mol. The Kier molecular flexibility index (Phi) is 12.6. The standard InChI is InChI=1S/C45H56N10O5/c1-51(25-26-52-27-29-53(30-28-52)34-11-9-33(10-12-34)48-37-15-16-39(56)49-45(37)59)22-20-40(57)54-23-18-31(19-24-54)38-17-21-47-44-41(43(46)58)42(50-55(38)44)32-7-13-36(14-8-32)60-35-5-3-2-4-6-35/h2-14,31,37-38,47-48H,15-30H2,1H3,(H2,46,58)(H,49,56,59)/t37?,38-/m0/s1. The zero-order valence-corrected chi connectivity index (χ0v) is 34.4. The number of piperazine rings is 1. The summed E-state index contributed by atoms with van der Waals surface area (Å²) in [6.07, 6.45) is 4.00. The molecule has 0 saturated carbocycles. The van der Waals surface area contributed by atoms with Gasteiger partial charge in [0.2, 0.25) is 17.7 Å². The van der Waals surface area contributed by atoms with Gasteiger partial charge in [0.15, 0.2) is 0 Å². The summed E-state index contributed by atoms with van der Waals surface area (Å²) in [6, 6.07) is 25.0. The molecule has 5 heterocycles. The number of ether oxygens (including phenoxy) is 1. The van der Waals surface area contributed by atoms with Crippen LogP contribution in [0.2, 0.25) is 0 Å². The van der Waals surface area contributed by atoms with Gasteiger partial charge in [0, 0.05) is 95.2 Å². The molecule has 3 fully saturated rings. The summed E-state index contributed by atoms with van der Waals surface area (Å²) in [5.74, 6) is 1.65. The maximum absolute atomic E-state index is 13.4. The molecule has 0 aliphatic carbocycles. The Balaban J connectivity index is 0.764. The molecule has 0 radical (unpaired) electrons. The highest BCUT2D eigenvalue weighted by molar-refractivity contribution is 6.04. The van der Waals surface area contributed by atoms with Gasteiger partial charge in [-0.05, 0) is 99.3 Å². The number of para-hydroxylation sites is 1. The second-order valence-electron chi connectivity index (χ2n) is 16.4. The molecular weight excluding hydrogens is 761 g/mol. The highest BCUT2D eigenvalue weighted by Gasteiger charge is 2.36. The van der Waals surface area contributed by atoms with Crippen LogP contribution in [0.25, 0.3) is 11.3 Å². The predicted octanol–water partition coefficient (Wildman–Crippen LogP) is 4.40. The van der Waals surface area contributed by atoms with E-state index in [9.17, 15) is 19.2 Å². The highest BCUT2D eigenvalue weighted by Crippen LogP contribution is 2.40. The van der Waals surface area contributed by atoms with Crippen LogP contribution in [0.3, 0.4) is 0 Å². The number of amides is 4. The van der Waals surface area contributed by atoms with Gasteiger partial charge in [0.1, 0.15) is 34.6 Å². The lowest BCUT2D eigenvalue weighted by molar-refractivity contribution is -0.134. The summed E-state index contributed by atoms with van der Waals surface area (Å²) < 4.78 is 7.95. The van der Waals surface area contributed by atoms with Crippen LogP contribution in [0.1, 0.15) is 54.9 Å². The molecule has 0 spiro atoms. The highest BCUT2D eigenvalue weighted by atomic mass is 16.5. The van der Waals surface area contributed by atoms with E-state index in [2.05, 4.69) is 49.8 Å². The van der Waals surface area contributed by atoms with Gasteiger partial charge in [-0.1, -0.05) is 18.2 Å². The van der Waals surface area contributed by atoms with E-state index in [4.69, 9.17) is 15.6 Å². The number of carbonyl (C=O) groups excluding carboxylic acids is 4. The van der Waals surface area contributed by atoms with E-state index in [1.807, 2.05) is 76.3 Å². The fourth-order valence-corrected chi connectivity index (χ4v) is 8.91. The zero-order valence-electron chi connectivity index (χ0n) is 34.4. The molecule has 3 saturated heterocycles. The quantitative estimate of drug-likeness (QED) is 0.133. The zero-order chi connectivity index (χ0) is 41.6. The van der Waals surface area contributed by atoms with Crippen molar-refractivity contribution < 1.29 is 23.9 Å². The molecule has 60 heavy (non-hydrogen) atoms. The van der Waals surface area contributed by atoms with Crippen molar-refractivity contribution in [3.05, 3.63) is 84.4 Å². The smallest absolute Gasteiger partial charge is 0.254 e. The summed E-state index contributed by atoms with van der Waals surface area (Å²) in [4.78, 5) is 58.9. The summed E-state index contributed by atoms with van der Waals surface area (Å²) in [5.41, 5.74) is 9.75. The summed E-state index contributed by atoms with van der Waals surface area (Å²) in [7, 11) is 2.10. The third-order valence-corrected chi connectivity index (χ3v) is 12.4. The molecule has 8 rings (SSSR count). The second-order valence-corrected chi connectivity index (χ2v) is 16.4. The molecule has 4 aliphatic heterocycles. The largest absolute Gasteiger partial charge is 0.457 e. The molecule has 2 atom stereocenters. The van der Waals surface area contributed by atoms with Crippen LogP contribution in [0.5, 0.6) is 11.5 Å². The second kappa shape index (κ2) is 18.6. The Morgan fingerprint density at radius 2 is 1.58 bits per heavy atom. The first-order chi connectivity index (χ1) is 29.2. The third-order valence-electron chi connectivity index (χ3n) is 12.4. The molecule has 5 N–H and O–H groups in total. The number of aromatic nitrogens is 2. The Morgan fingerprint density at radius 1 is 0.867 bits per heavy atom. The van der Waals surface area contributed by atoms with Gasteiger partial charge in [-0.3, -0.25) is 29.4 Å². The molecule has 1 unspecified atom stereocenters. The van der Waals surface area contributed by atoms with Crippen LogP contribution in [-0.4, -0.2) is 127 Å². The number of carbonyl (C=O) groups is 4. The lowest BCUT2D eigenvalue weighted by Crippen LogP contribution is -2.48. The number of likely N-dealkylation sites (N-methyl/N-ethyl adjacent to an activating group) is 1. The Bertz CT molecular complexity index is 2130. The Labute approximate surface area is 351 Å². The van der Waals surface area contributed by atoms with Gasteiger partial charge in [0.25, 0.3) is 5.91 Å². The van der Waals surface area contributed by atoms with Crippen molar-refractivity contribution in [2.75, 3.05) is 88.0 Å². The van der Waals surface area contributed by atoms with E-state index in [0.29, 0.717) is 48.0 Å². The molecule has 4 aliphatic rings. The molecule has 316 valence electrons. The molecule has 1 aromatic heterocycles. The summed E-state index contributed by atoms with van der Waals surface area (Å²) >= 11 is 0. The minimum Gasteiger partial charge on any atom is -0.457 e. The maximum atomic E-state index is 13.4. The van der Waals surface area contributed by atoms with E-state index in [-0.39, 0.29) is 23.8 Å². The monoisotopic (exact) mass is 816 g/mol. The normalized spacial score (nSPS) is 20.0. The number of hydrogen-bond donors (Lipinski definition) is 4. The molecule has 4 aromatic rings. The topological polar surface area (TPSA) is 170 Å². The van der Waals surface area contributed by atoms with Crippen molar-refractivity contribution in [2.24, 2.45) is 11.7 Å². The minimum atomic E-state index is -0.515. The number of hydrogen-bond acceptors (Lipinski definition) is 11. The van der Waals surface area contributed by atoms with Crippen molar-refractivity contribution in [1.29, 1.82) is 0 Å². The van der Waals surface area contributed by atoms with Crippen molar-refractivity contribution in [3.63, 3.8) is 0 Å². The van der Waals surface area contributed by atoms with E-state index in [0.717, 1.165) is 107 Å². The van der Waals surface area contributed by atoms with Crippen LogP contribution in [0, 0.1) is 5.92 Å². The van der Waals surface area contributed by atoms with Crippen molar-refractivity contribution in [2.45, 2.75) is 50.6 Å². The van der Waals surface area contributed by atoms with Gasteiger partial charge >= 0.3 is 0 Å². The number of benzene rings is 3. The number of nitrogens with one attached hydrogen (secondary N) is 3. The van der Waals surface area contributed by atoms with E-state index in [1.165, 1.54) is 0 Å². The fourth-order valence-electron chi connectivity index (χ4n) is 8.91.